The summed E-state index contributed by atoms with van der Waals surface area (Å²) in [5, 5.41) is 0.852. The fraction of sp³-hybridized carbons (Fsp3) is 0.462. The Balaban J connectivity index is 0.00000361. The average molecular weight is 580 g/mol. The third-order valence-corrected chi connectivity index (χ3v) is 7.24. The maximum atomic E-state index is 12.9. The van der Waals surface area contributed by atoms with E-state index in [1.165, 1.54) is 6.26 Å². The second-order valence-electron chi connectivity index (χ2n) is 10.5. The van der Waals surface area contributed by atoms with Crippen LogP contribution in [0.4, 0.5) is 5.69 Å². The van der Waals surface area contributed by atoms with Crippen molar-refractivity contribution in [3.05, 3.63) is 52.1 Å². The summed E-state index contributed by atoms with van der Waals surface area (Å²) in [5.41, 5.74) is 4.43. The number of ether oxygens (including phenoxy) is 1. The minimum absolute atomic E-state index is 0. The molecule has 36 heavy (non-hydrogen) atoms. The number of halogens is 1. The van der Waals surface area contributed by atoms with Crippen LogP contribution >= 0.6 is 17.0 Å². The molecule has 1 fully saturated rings. The Morgan fingerprint density at radius 1 is 1.22 bits per heavy atom. The molecule has 4 rings (SSSR count). The number of methoxy groups -OCH3 is 1. The van der Waals surface area contributed by atoms with Crippen LogP contribution in [0.5, 0.6) is 5.75 Å². The molecule has 0 spiro atoms. The fourth-order valence-electron chi connectivity index (χ4n) is 4.71. The lowest BCUT2D eigenvalue weighted by molar-refractivity contribution is 0.402. The summed E-state index contributed by atoms with van der Waals surface area (Å²) in [4.78, 5) is 22.8. The van der Waals surface area contributed by atoms with Crippen molar-refractivity contribution in [2.24, 2.45) is 5.92 Å². The van der Waals surface area contributed by atoms with E-state index in [1.54, 1.807) is 7.11 Å². The topological polar surface area (TPSA) is 104 Å². The highest BCUT2D eigenvalue weighted by molar-refractivity contribution is 8.93. The number of sulfonamides is 1. The molecule has 0 radical (unpaired) electrons. The van der Waals surface area contributed by atoms with Crippen molar-refractivity contribution in [1.29, 1.82) is 0 Å². The van der Waals surface area contributed by atoms with Gasteiger partial charge in [-0.05, 0) is 48.9 Å². The Morgan fingerprint density at radius 2 is 1.94 bits per heavy atom. The summed E-state index contributed by atoms with van der Waals surface area (Å²) in [6, 6.07) is 7.84. The molecule has 0 bridgehead atoms. The first-order chi connectivity index (χ1) is 16.4. The van der Waals surface area contributed by atoms with Crippen LogP contribution in [0.2, 0.25) is 0 Å². The molecule has 0 aliphatic carbocycles. The van der Waals surface area contributed by atoms with Gasteiger partial charge in [-0.1, -0.05) is 20.8 Å². The lowest BCUT2D eigenvalue weighted by Gasteiger charge is -2.26. The van der Waals surface area contributed by atoms with Crippen molar-refractivity contribution in [1.82, 2.24) is 14.7 Å². The lowest BCUT2D eigenvalue weighted by Crippen LogP contribution is -2.30. The second kappa shape index (κ2) is 10.5. The van der Waals surface area contributed by atoms with E-state index in [9.17, 15) is 13.2 Å². The molecule has 0 saturated carbocycles. The van der Waals surface area contributed by atoms with Crippen LogP contribution < -0.4 is 19.9 Å². The normalized spacial score (nSPS) is 16.3. The van der Waals surface area contributed by atoms with Crippen LogP contribution in [0.25, 0.3) is 22.0 Å². The highest BCUT2D eigenvalue weighted by Crippen LogP contribution is 2.42. The largest absolute Gasteiger partial charge is 0.496 e. The summed E-state index contributed by atoms with van der Waals surface area (Å²) in [7, 11) is -1.55. The van der Waals surface area contributed by atoms with Gasteiger partial charge < -0.3 is 14.6 Å². The number of aromatic amines is 1. The van der Waals surface area contributed by atoms with Gasteiger partial charge in [0, 0.05) is 47.4 Å². The predicted octanol–water partition coefficient (Wildman–Crippen LogP) is 4.16. The van der Waals surface area contributed by atoms with Crippen molar-refractivity contribution in [3.8, 4) is 16.9 Å². The van der Waals surface area contributed by atoms with Gasteiger partial charge >= 0.3 is 0 Å². The molecule has 10 heteroatoms. The predicted molar refractivity (Wildman–Crippen MR) is 151 cm³/mol. The molecule has 8 nitrogen and oxygen atoms in total. The summed E-state index contributed by atoms with van der Waals surface area (Å²) < 4.78 is 31.5. The van der Waals surface area contributed by atoms with E-state index in [1.807, 2.05) is 31.3 Å². The second-order valence-corrected chi connectivity index (χ2v) is 12.3. The number of fused-ring (bicyclic) bond motifs is 1. The third kappa shape index (κ3) is 5.92. The number of anilines is 1. The smallest absolute Gasteiger partial charge is 0.256 e. The number of benzene rings is 1. The van der Waals surface area contributed by atoms with Gasteiger partial charge in [0.15, 0.2) is 0 Å². The fourth-order valence-corrected chi connectivity index (χ4v) is 5.25. The molecule has 1 aliphatic rings. The van der Waals surface area contributed by atoms with Crippen molar-refractivity contribution in [2.45, 2.75) is 39.5 Å². The summed E-state index contributed by atoms with van der Waals surface area (Å²) in [6.45, 7) is 10.2. The van der Waals surface area contributed by atoms with Crippen molar-refractivity contribution >= 4 is 43.6 Å². The number of rotatable bonds is 6. The molecule has 1 atom stereocenters. The monoisotopic (exact) mass is 578 g/mol. The van der Waals surface area contributed by atoms with Gasteiger partial charge in [-0.2, -0.15) is 0 Å². The van der Waals surface area contributed by atoms with Gasteiger partial charge in [0.25, 0.3) is 5.56 Å². The molecule has 1 aliphatic heterocycles. The number of nitrogens with one attached hydrogen (secondary N) is 2. The molecule has 2 aromatic heterocycles. The summed E-state index contributed by atoms with van der Waals surface area (Å²) in [5.74, 6) is 0.980. The first kappa shape index (κ1) is 28.1. The number of H-pyrrole nitrogens is 1. The summed E-state index contributed by atoms with van der Waals surface area (Å²) in [6.07, 6.45) is 3.91. The van der Waals surface area contributed by atoms with Gasteiger partial charge in [-0.15, -0.1) is 17.0 Å². The standard InChI is InChI=1S/C26H34N4O4S.BrH/c1-16-7-8-19(25(31)29-16)20-12-22(26(2,3)4)24(34-5)21-11-18(14-27-23(20)21)30-10-9-17(15-30)13-28-35(6,32)33;/h7-8,11-12,14,17,28H,9-10,13,15H2,1-6H3,(H,29,31);1H/t17-;/m1./s1. The highest BCUT2D eigenvalue weighted by Gasteiger charge is 2.27. The Hall–Kier alpha value is -2.43. The first-order valence-electron chi connectivity index (χ1n) is 11.8. The molecular formula is C26H35BrN4O4S. The van der Waals surface area contributed by atoms with E-state index >= 15 is 0 Å². The van der Waals surface area contributed by atoms with Gasteiger partial charge in [0.2, 0.25) is 10.0 Å². The van der Waals surface area contributed by atoms with Crippen LogP contribution in [0.3, 0.4) is 0 Å². The van der Waals surface area contributed by atoms with E-state index < -0.39 is 10.0 Å². The van der Waals surface area contributed by atoms with E-state index in [2.05, 4.69) is 41.4 Å². The zero-order valence-electron chi connectivity index (χ0n) is 21.6. The van der Waals surface area contributed by atoms with Crippen LogP contribution in [0.1, 0.15) is 38.4 Å². The Labute approximate surface area is 223 Å². The number of aryl methyl sites for hydroxylation is 1. The molecule has 196 valence electrons. The van der Waals surface area contributed by atoms with Crippen LogP contribution in [-0.2, 0) is 15.4 Å². The van der Waals surface area contributed by atoms with Gasteiger partial charge in [0.1, 0.15) is 5.75 Å². The van der Waals surface area contributed by atoms with Gasteiger partial charge in [0.05, 0.1) is 30.8 Å². The van der Waals surface area contributed by atoms with E-state index in [-0.39, 0.29) is 33.9 Å². The molecule has 1 aromatic carbocycles. The minimum atomic E-state index is -3.21. The quantitative estimate of drug-likeness (QED) is 0.455. The van der Waals surface area contributed by atoms with Crippen LogP contribution in [0.15, 0.2) is 35.3 Å². The number of hydrogen-bond donors (Lipinski definition) is 2. The number of pyridine rings is 2. The molecule has 2 N–H and O–H groups in total. The highest BCUT2D eigenvalue weighted by atomic mass is 79.9. The van der Waals surface area contributed by atoms with Crippen molar-refractivity contribution in [3.63, 3.8) is 0 Å². The van der Waals surface area contributed by atoms with Crippen LogP contribution in [0, 0.1) is 12.8 Å². The SMILES string of the molecule is Br.COc1c(C(C)(C)C)cc(-c2ccc(C)[nH]c2=O)c2ncc(N3CC[C@H](CNS(C)(=O)=O)C3)cc12. The maximum Gasteiger partial charge on any atom is 0.256 e. The van der Waals surface area contributed by atoms with Crippen molar-refractivity contribution < 1.29 is 13.2 Å². The third-order valence-electron chi connectivity index (χ3n) is 6.55. The average Bonchev–Trinajstić information content (AvgIpc) is 3.24. The molecule has 0 amide bonds. The van der Waals surface area contributed by atoms with Gasteiger partial charge in [-0.25, -0.2) is 13.1 Å². The molecule has 3 heterocycles. The Kier molecular flexibility index (Phi) is 8.22. The van der Waals surface area contributed by atoms with Gasteiger partial charge in [-0.3, -0.25) is 9.78 Å². The molecular weight excluding hydrogens is 544 g/mol. The van der Waals surface area contributed by atoms with E-state index in [0.717, 1.165) is 53.2 Å². The number of aromatic nitrogens is 2. The first-order valence-corrected chi connectivity index (χ1v) is 13.7. The zero-order valence-corrected chi connectivity index (χ0v) is 24.2. The maximum absolute atomic E-state index is 12.9. The van der Waals surface area contributed by atoms with Crippen molar-refractivity contribution in [2.75, 3.05) is 37.9 Å². The number of hydrogen-bond acceptors (Lipinski definition) is 6. The molecule has 0 unspecified atom stereocenters. The lowest BCUT2D eigenvalue weighted by atomic mass is 9.83. The van der Waals surface area contributed by atoms with Crippen LogP contribution in [-0.4, -0.2) is 51.4 Å². The Bertz CT molecular complexity index is 1430. The van der Waals surface area contributed by atoms with E-state index in [0.29, 0.717) is 17.6 Å². The molecule has 3 aromatic rings. The number of nitrogens with zero attached hydrogens (tertiary/aromatic N) is 2. The Morgan fingerprint density at radius 3 is 2.56 bits per heavy atom. The van der Waals surface area contributed by atoms with E-state index in [4.69, 9.17) is 9.72 Å². The minimum Gasteiger partial charge on any atom is -0.496 e. The zero-order chi connectivity index (χ0) is 25.5. The molecule has 1 saturated heterocycles. The summed E-state index contributed by atoms with van der Waals surface area (Å²) >= 11 is 0.